The zero-order valence-corrected chi connectivity index (χ0v) is 18.9. The van der Waals surface area contributed by atoms with Crippen LogP contribution in [0.25, 0.3) is 0 Å². The van der Waals surface area contributed by atoms with E-state index in [2.05, 4.69) is 30.4 Å². The molecular weight excluding hydrogens is 435 g/mol. The quantitative estimate of drug-likeness (QED) is 0.530. The molecule has 3 N–H and O–H groups in total. The van der Waals surface area contributed by atoms with E-state index in [1.54, 1.807) is 6.07 Å². The Morgan fingerprint density at radius 2 is 1.97 bits per heavy atom. The first-order valence-corrected chi connectivity index (χ1v) is 12.2. The van der Waals surface area contributed by atoms with Crippen molar-refractivity contribution in [2.24, 2.45) is 0 Å². The number of aromatic nitrogens is 4. The summed E-state index contributed by atoms with van der Waals surface area (Å²) >= 11 is 0. The van der Waals surface area contributed by atoms with Crippen molar-refractivity contribution >= 4 is 27.2 Å². The van der Waals surface area contributed by atoms with Crippen molar-refractivity contribution in [1.29, 1.82) is 0 Å². The first kappa shape index (κ1) is 20.9. The van der Waals surface area contributed by atoms with Gasteiger partial charge in [0, 0.05) is 34.6 Å². The summed E-state index contributed by atoms with van der Waals surface area (Å²) in [6.07, 6.45) is 2.76. The fourth-order valence-corrected chi connectivity index (χ4v) is 5.55. The van der Waals surface area contributed by atoms with Gasteiger partial charge in [-0.15, -0.1) is 10.2 Å². The minimum Gasteiger partial charge on any atom is -0.424 e. The van der Waals surface area contributed by atoms with E-state index in [4.69, 9.17) is 4.42 Å². The number of nitrogens with zero attached hydrogens (tertiary/aromatic N) is 3. The van der Waals surface area contributed by atoms with Crippen LogP contribution in [0.5, 0.6) is 0 Å². The number of anilines is 3. The van der Waals surface area contributed by atoms with Crippen molar-refractivity contribution in [1.82, 2.24) is 20.4 Å². The van der Waals surface area contributed by atoms with Gasteiger partial charge >= 0.3 is 0 Å². The zero-order valence-electron chi connectivity index (χ0n) is 18.1. The molecule has 0 unspecified atom stereocenters. The lowest BCUT2D eigenvalue weighted by molar-refractivity contribution is 0.355. The molecule has 3 aromatic rings. The van der Waals surface area contributed by atoms with Crippen molar-refractivity contribution < 1.29 is 17.2 Å². The SMILES string of the molecule is CC(C)(C)c1nnc([C@@H]2CC[C@H](c3cc(Nc4ccc5c(c4F)CS(=O)(=O)N5)n[nH]3)C2)o1. The summed E-state index contributed by atoms with van der Waals surface area (Å²) in [4.78, 5) is 0. The number of sulfonamides is 1. The summed E-state index contributed by atoms with van der Waals surface area (Å²) in [5.41, 5.74) is 1.38. The van der Waals surface area contributed by atoms with Gasteiger partial charge in [-0.1, -0.05) is 20.8 Å². The average Bonchev–Trinajstić information content (AvgIpc) is 3.47. The lowest BCUT2D eigenvalue weighted by Gasteiger charge is -2.11. The molecule has 5 rings (SSSR count). The molecule has 32 heavy (non-hydrogen) atoms. The van der Waals surface area contributed by atoms with Crippen LogP contribution in [0, 0.1) is 5.82 Å². The van der Waals surface area contributed by atoms with Gasteiger partial charge in [-0.2, -0.15) is 5.10 Å². The van der Waals surface area contributed by atoms with E-state index < -0.39 is 15.8 Å². The highest BCUT2D eigenvalue weighted by Crippen LogP contribution is 2.43. The number of benzene rings is 1. The van der Waals surface area contributed by atoms with Crippen LogP contribution in [0.15, 0.2) is 22.6 Å². The summed E-state index contributed by atoms with van der Waals surface area (Å²) in [7, 11) is -3.52. The minimum absolute atomic E-state index is 0.138. The maximum absolute atomic E-state index is 14.8. The summed E-state index contributed by atoms with van der Waals surface area (Å²) in [6, 6.07) is 4.92. The van der Waals surface area contributed by atoms with Crippen LogP contribution in [0.3, 0.4) is 0 Å². The standard InChI is InChI=1S/C21H25FN6O3S/c1-21(2,3)20-27-26-19(31-20)12-5-4-11(8-12)16-9-17(25-24-16)23-15-7-6-14-13(18(15)22)10-32(29,30)28-14/h6-7,9,11-12,28H,4-5,8,10H2,1-3H3,(H2,23,24,25)/t11-,12+/m0/s1. The highest BCUT2D eigenvalue weighted by atomic mass is 32.2. The third-order valence-corrected chi connectivity index (χ3v) is 7.21. The molecule has 0 saturated heterocycles. The van der Waals surface area contributed by atoms with Crippen LogP contribution >= 0.6 is 0 Å². The van der Waals surface area contributed by atoms with E-state index in [0.29, 0.717) is 17.6 Å². The van der Waals surface area contributed by atoms with E-state index in [1.807, 2.05) is 26.8 Å². The molecule has 2 aromatic heterocycles. The molecule has 0 spiro atoms. The highest BCUT2D eigenvalue weighted by molar-refractivity contribution is 7.92. The van der Waals surface area contributed by atoms with Crippen LogP contribution in [0.4, 0.5) is 21.6 Å². The molecule has 1 aliphatic carbocycles. The van der Waals surface area contributed by atoms with Gasteiger partial charge in [-0.25, -0.2) is 12.8 Å². The van der Waals surface area contributed by atoms with Crippen LogP contribution in [0.2, 0.25) is 0 Å². The molecule has 1 fully saturated rings. The van der Waals surface area contributed by atoms with Gasteiger partial charge in [0.1, 0.15) is 0 Å². The van der Waals surface area contributed by atoms with E-state index in [9.17, 15) is 12.8 Å². The van der Waals surface area contributed by atoms with Gasteiger partial charge in [0.15, 0.2) is 11.6 Å². The molecule has 170 valence electrons. The second-order valence-electron chi connectivity index (χ2n) is 9.55. The normalized spacial score (nSPS) is 22.0. The van der Waals surface area contributed by atoms with Gasteiger partial charge < -0.3 is 9.73 Å². The molecule has 2 atom stereocenters. The molecule has 0 radical (unpaired) electrons. The van der Waals surface area contributed by atoms with Crippen molar-refractivity contribution in [3.63, 3.8) is 0 Å². The molecule has 0 amide bonds. The smallest absolute Gasteiger partial charge is 0.237 e. The summed E-state index contributed by atoms with van der Waals surface area (Å²) in [6.45, 7) is 6.13. The van der Waals surface area contributed by atoms with E-state index in [1.165, 1.54) is 6.07 Å². The number of rotatable bonds is 4. The Balaban J connectivity index is 1.28. The lowest BCUT2D eigenvalue weighted by Crippen LogP contribution is -2.11. The Kier molecular flexibility index (Phi) is 4.77. The van der Waals surface area contributed by atoms with E-state index in [0.717, 1.165) is 25.0 Å². The Bertz CT molecular complexity index is 1280. The Labute approximate surface area is 185 Å². The molecule has 1 aliphatic heterocycles. The summed E-state index contributed by atoms with van der Waals surface area (Å²) in [5, 5.41) is 18.7. The van der Waals surface area contributed by atoms with Crippen LogP contribution in [-0.2, 0) is 21.2 Å². The van der Waals surface area contributed by atoms with Crippen molar-refractivity contribution in [2.75, 3.05) is 10.0 Å². The Hall–Kier alpha value is -2.95. The molecule has 1 saturated carbocycles. The third kappa shape index (κ3) is 3.85. The number of halogens is 1. The average molecular weight is 461 g/mol. The molecule has 11 heteroatoms. The predicted molar refractivity (Wildman–Crippen MR) is 117 cm³/mol. The van der Waals surface area contributed by atoms with Gasteiger partial charge in [0.2, 0.25) is 21.8 Å². The first-order valence-electron chi connectivity index (χ1n) is 10.6. The van der Waals surface area contributed by atoms with Gasteiger partial charge in [-0.3, -0.25) is 9.82 Å². The van der Waals surface area contributed by atoms with E-state index in [-0.39, 0.29) is 39.9 Å². The van der Waals surface area contributed by atoms with Gasteiger partial charge in [-0.05, 0) is 31.4 Å². The van der Waals surface area contributed by atoms with Crippen molar-refractivity contribution in [2.45, 2.75) is 63.0 Å². The molecule has 3 heterocycles. The van der Waals surface area contributed by atoms with Crippen LogP contribution in [0.1, 0.15) is 74.9 Å². The lowest BCUT2D eigenvalue weighted by atomic mass is 9.97. The monoisotopic (exact) mass is 460 g/mol. The van der Waals surface area contributed by atoms with Crippen molar-refractivity contribution in [3.05, 3.63) is 47.1 Å². The van der Waals surface area contributed by atoms with Crippen LogP contribution < -0.4 is 10.0 Å². The van der Waals surface area contributed by atoms with E-state index >= 15 is 0 Å². The van der Waals surface area contributed by atoms with Gasteiger partial charge in [0.05, 0.1) is 17.1 Å². The number of nitrogens with one attached hydrogen (secondary N) is 3. The second kappa shape index (κ2) is 7.29. The van der Waals surface area contributed by atoms with Crippen LogP contribution in [-0.4, -0.2) is 28.8 Å². The first-order chi connectivity index (χ1) is 15.1. The fraction of sp³-hybridized carbons (Fsp3) is 0.476. The number of H-pyrrole nitrogens is 1. The highest BCUT2D eigenvalue weighted by Gasteiger charge is 2.33. The fourth-order valence-electron chi connectivity index (χ4n) is 4.29. The summed E-state index contributed by atoms with van der Waals surface area (Å²) < 4.78 is 46.5. The molecule has 1 aromatic carbocycles. The molecular formula is C21H25FN6O3S. The Morgan fingerprint density at radius 1 is 1.19 bits per heavy atom. The molecule has 9 nitrogen and oxygen atoms in total. The maximum Gasteiger partial charge on any atom is 0.237 e. The zero-order chi connectivity index (χ0) is 22.7. The second-order valence-corrected chi connectivity index (χ2v) is 11.3. The number of aromatic amines is 1. The number of fused-ring (bicyclic) bond motifs is 1. The third-order valence-electron chi connectivity index (χ3n) is 6.01. The topological polar surface area (TPSA) is 126 Å². The predicted octanol–water partition coefficient (Wildman–Crippen LogP) is 4.28. The minimum atomic E-state index is -3.52. The molecule has 2 aliphatic rings. The maximum atomic E-state index is 14.8. The Morgan fingerprint density at radius 3 is 2.72 bits per heavy atom. The summed E-state index contributed by atoms with van der Waals surface area (Å²) in [5.74, 6) is 1.30. The number of hydrogen-bond acceptors (Lipinski definition) is 7. The number of hydrogen-bond donors (Lipinski definition) is 3. The van der Waals surface area contributed by atoms with Gasteiger partial charge in [0.25, 0.3) is 0 Å². The molecule has 0 bridgehead atoms. The largest absolute Gasteiger partial charge is 0.424 e. The van der Waals surface area contributed by atoms with Crippen molar-refractivity contribution in [3.8, 4) is 0 Å².